The Kier molecular flexibility index (Phi) is 4.21. The van der Waals surface area contributed by atoms with Crippen LogP contribution < -0.4 is 5.32 Å². The average Bonchev–Trinajstić information content (AvgIpc) is 3.02. The van der Waals surface area contributed by atoms with E-state index in [2.05, 4.69) is 86.7 Å². The number of allylic oxidation sites excluding steroid dienone is 1. The lowest BCUT2D eigenvalue weighted by atomic mass is 10.0. The van der Waals surface area contributed by atoms with E-state index in [-0.39, 0.29) is 0 Å². The maximum atomic E-state index is 4.85. The molecule has 3 nitrogen and oxygen atoms in total. The number of nitrogens with zero attached hydrogens (tertiary/aromatic N) is 2. The molecule has 1 aliphatic heterocycles. The zero-order valence-corrected chi connectivity index (χ0v) is 15.6. The topological polar surface area (TPSA) is 29.9 Å². The highest BCUT2D eigenvalue weighted by molar-refractivity contribution is 9.10. The average molecular weight is 398 g/mol. The van der Waals surface area contributed by atoms with Gasteiger partial charge in [0, 0.05) is 33.2 Å². The van der Waals surface area contributed by atoms with E-state index in [9.17, 15) is 0 Å². The van der Waals surface area contributed by atoms with Crippen molar-refractivity contribution in [3.63, 3.8) is 0 Å². The van der Waals surface area contributed by atoms with Gasteiger partial charge in [0.15, 0.2) is 0 Å². The van der Waals surface area contributed by atoms with Crippen LogP contribution >= 0.6 is 27.7 Å². The molecule has 0 bridgehead atoms. The van der Waals surface area contributed by atoms with Crippen LogP contribution in [0.5, 0.6) is 0 Å². The van der Waals surface area contributed by atoms with E-state index in [1.807, 2.05) is 6.20 Å². The van der Waals surface area contributed by atoms with Gasteiger partial charge in [0.1, 0.15) is 0 Å². The summed E-state index contributed by atoms with van der Waals surface area (Å²) in [7, 11) is 0. The quantitative estimate of drug-likeness (QED) is 0.579. The number of imidazole rings is 1. The zero-order valence-electron chi connectivity index (χ0n) is 13.2. The van der Waals surface area contributed by atoms with Crippen molar-refractivity contribution in [2.45, 2.75) is 11.4 Å². The van der Waals surface area contributed by atoms with Gasteiger partial charge in [-0.1, -0.05) is 40.2 Å². The smallest absolute Gasteiger partial charge is 0.208 e. The largest absolute Gasteiger partial charge is 0.332 e. The molecule has 0 saturated heterocycles. The van der Waals surface area contributed by atoms with Crippen molar-refractivity contribution in [1.29, 1.82) is 0 Å². The number of hydrogen-bond donors (Lipinski definition) is 1. The predicted molar refractivity (Wildman–Crippen MR) is 105 cm³/mol. The normalized spacial score (nSPS) is 12.8. The molecule has 24 heavy (non-hydrogen) atoms. The molecule has 0 fully saturated rings. The van der Waals surface area contributed by atoms with E-state index in [1.165, 1.54) is 10.5 Å². The molecule has 120 valence electrons. The van der Waals surface area contributed by atoms with Crippen LogP contribution in [0.25, 0.3) is 22.5 Å². The molecule has 1 N–H and O–H groups in total. The molecule has 1 aliphatic rings. The van der Waals surface area contributed by atoms with Crippen molar-refractivity contribution in [2.24, 2.45) is 0 Å². The van der Waals surface area contributed by atoms with Crippen molar-refractivity contribution < 1.29 is 0 Å². The molecule has 5 heteroatoms. The molecule has 0 saturated carbocycles. The van der Waals surface area contributed by atoms with Crippen molar-refractivity contribution in [3.8, 4) is 22.5 Å². The second-order valence-corrected chi connectivity index (χ2v) is 7.32. The summed E-state index contributed by atoms with van der Waals surface area (Å²) in [6, 6.07) is 17.0. The highest BCUT2D eigenvalue weighted by Gasteiger charge is 2.20. The fourth-order valence-corrected chi connectivity index (χ4v) is 3.56. The third kappa shape index (κ3) is 2.78. The summed E-state index contributed by atoms with van der Waals surface area (Å²) >= 11 is 5.26. The number of benzene rings is 2. The second kappa shape index (κ2) is 6.49. The summed E-state index contributed by atoms with van der Waals surface area (Å²) in [4.78, 5) is 6.11. The fraction of sp³-hybridized carbons (Fsp3) is 0.105. The van der Waals surface area contributed by atoms with Crippen LogP contribution in [-0.2, 0) is 6.54 Å². The van der Waals surface area contributed by atoms with Crippen molar-refractivity contribution in [3.05, 3.63) is 65.3 Å². The lowest BCUT2D eigenvalue weighted by Gasteiger charge is -2.14. The highest BCUT2D eigenvalue weighted by Crippen LogP contribution is 2.36. The number of aromatic nitrogens is 2. The lowest BCUT2D eigenvalue weighted by molar-refractivity contribution is 0.821. The molecule has 2 aromatic carbocycles. The summed E-state index contributed by atoms with van der Waals surface area (Å²) in [5, 5.41) is 3.25. The molecule has 3 aromatic rings. The third-order valence-corrected chi connectivity index (χ3v) is 5.34. The van der Waals surface area contributed by atoms with E-state index in [1.54, 1.807) is 11.8 Å². The number of anilines is 1. The Morgan fingerprint density at radius 3 is 2.46 bits per heavy atom. The molecule has 0 radical (unpaired) electrons. The van der Waals surface area contributed by atoms with Gasteiger partial charge in [0.05, 0.1) is 11.4 Å². The van der Waals surface area contributed by atoms with Gasteiger partial charge in [0.25, 0.3) is 0 Å². The molecule has 1 aromatic heterocycles. The van der Waals surface area contributed by atoms with Gasteiger partial charge < -0.3 is 9.88 Å². The summed E-state index contributed by atoms with van der Waals surface area (Å²) in [6.45, 7) is 0.825. The fourth-order valence-electron chi connectivity index (χ4n) is 2.88. The Bertz CT molecular complexity index is 896. The predicted octanol–water partition coefficient (Wildman–Crippen LogP) is 5.64. The van der Waals surface area contributed by atoms with Crippen molar-refractivity contribution in [1.82, 2.24) is 9.55 Å². The van der Waals surface area contributed by atoms with Crippen LogP contribution in [0.15, 0.2) is 70.2 Å². The number of halogens is 1. The summed E-state index contributed by atoms with van der Waals surface area (Å²) in [5.74, 6) is 0.888. The molecule has 4 rings (SSSR count). The number of thioether (sulfide) groups is 1. The monoisotopic (exact) mass is 397 g/mol. The maximum absolute atomic E-state index is 4.85. The third-order valence-electron chi connectivity index (χ3n) is 4.07. The van der Waals surface area contributed by atoms with Crippen LogP contribution in [0.1, 0.15) is 0 Å². The minimum absolute atomic E-state index is 0.825. The molecule has 0 aliphatic carbocycles. The van der Waals surface area contributed by atoms with Crippen molar-refractivity contribution >= 4 is 33.6 Å². The maximum Gasteiger partial charge on any atom is 0.208 e. The number of nitrogens with one attached hydrogen (secondary N) is 1. The number of hydrogen-bond acceptors (Lipinski definition) is 3. The standard InChI is InChI=1S/C19H16BrN3S/c1-24-16-9-5-14(6-10-16)18-17(13-3-7-15(20)8-4-13)22-19-21-11-2-12-23(18)19/h2-11H,12H2,1H3,(H,21,22). The molecular weight excluding hydrogens is 382 g/mol. The minimum Gasteiger partial charge on any atom is -0.332 e. The van der Waals surface area contributed by atoms with Crippen LogP contribution in [0.2, 0.25) is 0 Å². The van der Waals surface area contributed by atoms with Gasteiger partial charge in [-0.2, -0.15) is 0 Å². The minimum atomic E-state index is 0.825. The first-order valence-corrected chi connectivity index (χ1v) is 9.70. The Balaban J connectivity index is 1.90. The second-order valence-electron chi connectivity index (χ2n) is 5.53. The summed E-state index contributed by atoms with van der Waals surface area (Å²) in [6.07, 6.45) is 6.16. The summed E-state index contributed by atoms with van der Waals surface area (Å²) in [5.41, 5.74) is 4.45. The summed E-state index contributed by atoms with van der Waals surface area (Å²) < 4.78 is 3.30. The molecule has 0 unspecified atom stereocenters. The Labute approximate surface area is 153 Å². The van der Waals surface area contributed by atoms with E-state index >= 15 is 0 Å². The molecule has 0 amide bonds. The lowest BCUT2D eigenvalue weighted by Crippen LogP contribution is -2.08. The molecule has 0 atom stereocenters. The van der Waals surface area contributed by atoms with Gasteiger partial charge in [-0.25, -0.2) is 4.98 Å². The molecule has 0 spiro atoms. The Hall–Kier alpha value is -1.98. The van der Waals surface area contributed by atoms with E-state index < -0.39 is 0 Å². The first-order valence-electron chi connectivity index (χ1n) is 7.69. The van der Waals surface area contributed by atoms with E-state index in [4.69, 9.17) is 4.98 Å². The van der Waals surface area contributed by atoms with E-state index in [0.29, 0.717) is 0 Å². The Morgan fingerprint density at radius 1 is 1.04 bits per heavy atom. The Morgan fingerprint density at radius 2 is 1.75 bits per heavy atom. The van der Waals surface area contributed by atoms with Crippen LogP contribution in [0.3, 0.4) is 0 Å². The van der Waals surface area contributed by atoms with Crippen LogP contribution in [-0.4, -0.2) is 15.8 Å². The van der Waals surface area contributed by atoms with E-state index in [0.717, 1.165) is 33.9 Å². The van der Waals surface area contributed by atoms with Gasteiger partial charge in [-0.3, -0.25) is 0 Å². The van der Waals surface area contributed by atoms with Gasteiger partial charge in [0.2, 0.25) is 5.95 Å². The van der Waals surface area contributed by atoms with Crippen molar-refractivity contribution in [2.75, 3.05) is 11.6 Å². The van der Waals surface area contributed by atoms with Crippen LogP contribution in [0, 0.1) is 0 Å². The van der Waals surface area contributed by atoms with Gasteiger partial charge in [-0.05, 0) is 36.6 Å². The number of rotatable bonds is 3. The zero-order chi connectivity index (χ0) is 16.5. The first kappa shape index (κ1) is 15.5. The van der Waals surface area contributed by atoms with Gasteiger partial charge >= 0.3 is 0 Å². The SMILES string of the molecule is CSc1ccc(-c2c(-c3ccc(Br)cc3)nc3n2CC=CN3)cc1. The van der Waals surface area contributed by atoms with Crippen LogP contribution in [0.4, 0.5) is 5.95 Å². The molecular formula is C19H16BrN3S. The first-order chi connectivity index (χ1) is 11.8. The van der Waals surface area contributed by atoms with Gasteiger partial charge in [-0.15, -0.1) is 11.8 Å². The number of fused-ring (bicyclic) bond motifs is 1. The molecule has 2 heterocycles. The highest BCUT2D eigenvalue weighted by atomic mass is 79.9.